The summed E-state index contributed by atoms with van der Waals surface area (Å²) < 4.78 is 30.4. The molecule has 0 aliphatic carbocycles. The van der Waals surface area contributed by atoms with E-state index in [1.807, 2.05) is 0 Å². The van der Waals surface area contributed by atoms with E-state index in [1.165, 1.54) is 6.07 Å². The molecule has 0 heterocycles. The lowest BCUT2D eigenvalue weighted by atomic mass is 10.3. The molecule has 1 aromatic rings. The maximum absolute atomic E-state index is 12.9. The molecule has 0 spiro atoms. The van der Waals surface area contributed by atoms with Gasteiger partial charge in [-0.05, 0) is 12.1 Å². The summed E-state index contributed by atoms with van der Waals surface area (Å²) in [7, 11) is 0. The summed E-state index contributed by atoms with van der Waals surface area (Å²) in [6, 6.07) is 3.44. The zero-order chi connectivity index (χ0) is 9.84. The van der Waals surface area contributed by atoms with Gasteiger partial charge in [0.05, 0.1) is 0 Å². The van der Waals surface area contributed by atoms with Crippen LogP contribution in [0.3, 0.4) is 0 Å². The van der Waals surface area contributed by atoms with E-state index in [0.717, 1.165) is 12.1 Å². The van der Waals surface area contributed by atoms with Crippen molar-refractivity contribution in [3.8, 4) is 5.75 Å². The normalized spacial score (nSPS) is 9.69. The number of rotatable bonds is 3. The zero-order valence-corrected chi connectivity index (χ0v) is 7.41. The molecule has 1 rings (SSSR count). The fourth-order valence-electron chi connectivity index (χ4n) is 0.764. The van der Waals surface area contributed by atoms with Crippen LogP contribution in [-0.2, 0) is 0 Å². The first-order valence-corrected chi connectivity index (χ1v) is 3.87. The van der Waals surface area contributed by atoms with Crippen molar-refractivity contribution in [2.24, 2.45) is 5.73 Å². The highest BCUT2D eigenvalue weighted by atomic mass is 32.1. The van der Waals surface area contributed by atoms with Crippen molar-refractivity contribution in [3.05, 3.63) is 29.8 Å². The average Bonchev–Trinajstić information content (AvgIpc) is 2.03. The summed E-state index contributed by atoms with van der Waals surface area (Å²) >= 11 is 4.49. The first-order chi connectivity index (χ1) is 6.11. The second-order valence-electron chi connectivity index (χ2n) is 2.31. The SMILES string of the molecule is NC(=S)COc1c(F)cccc1F. The number of halogens is 2. The van der Waals surface area contributed by atoms with Crippen molar-refractivity contribution in [2.75, 3.05) is 6.61 Å². The van der Waals surface area contributed by atoms with Gasteiger partial charge < -0.3 is 10.5 Å². The van der Waals surface area contributed by atoms with Gasteiger partial charge in [-0.1, -0.05) is 18.3 Å². The van der Waals surface area contributed by atoms with Gasteiger partial charge in [0, 0.05) is 0 Å². The molecule has 0 bridgehead atoms. The summed E-state index contributed by atoms with van der Waals surface area (Å²) in [5, 5.41) is 0. The highest BCUT2D eigenvalue weighted by Crippen LogP contribution is 2.20. The molecule has 0 fully saturated rings. The molecule has 0 radical (unpaired) electrons. The lowest BCUT2D eigenvalue weighted by Crippen LogP contribution is -2.18. The van der Waals surface area contributed by atoms with E-state index in [4.69, 9.17) is 10.5 Å². The van der Waals surface area contributed by atoms with Gasteiger partial charge in [-0.2, -0.15) is 0 Å². The highest BCUT2D eigenvalue weighted by molar-refractivity contribution is 7.80. The first kappa shape index (κ1) is 9.85. The van der Waals surface area contributed by atoms with Gasteiger partial charge in [0.2, 0.25) is 0 Å². The Kier molecular flexibility index (Phi) is 3.13. The molecule has 1 aromatic carbocycles. The predicted molar refractivity (Wildman–Crippen MR) is 48.6 cm³/mol. The lowest BCUT2D eigenvalue weighted by Gasteiger charge is -2.06. The maximum Gasteiger partial charge on any atom is 0.191 e. The Labute approximate surface area is 79.3 Å². The number of nitrogens with two attached hydrogens (primary N) is 1. The summed E-state index contributed by atoms with van der Waals surface area (Å²) in [5.74, 6) is -1.98. The van der Waals surface area contributed by atoms with Gasteiger partial charge in [-0.25, -0.2) is 8.78 Å². The third-order valence-corrected chi connectivity index (χ3v) is 1.40. The Hall–Kier alpha value is -1.23. The number of hydrogen-bond acceptors (Lipinski definition) is 2. The fraction of sp³-hybridized carbons (Fsp3) is 0.125. The van der Waals surface area contributed by atoms with Crippen LogP contribution in [0.2, 0.25) is 0 Å². The molecule has 0 aliphatic rings. The minimum atomic E-state index is -0.767. The molecule has 0 saturated carbocycles. The molecule has 0 saturated heterocycles. The van der Waals surface area contributed by atoms with Gasteiger partial charge in [-0.3, -0.25) is 0 Å². The molecule has 5 heteroatoms. The summed E-state index contributed by atoms with van der Waals surface area (Å²) in [6.07, 6.45) is 0. The van der Waals surface area contributed by atoms with Gasteiger partial charge in [-0.15, -0.1) is 0 Å². The second kappa shape index (κ2) is 4.13. The number of para-hydroxylation sites is 1. The topological polar surface area (TPSA) is 35.2 Å². The molecule has 0 amide bonds. The number of ether oxygens (including phenoxy) is 1. The zero-order valence-electron chi connectivity index (χ0n) is 6.59. The van der Waals surface area contributed by atoms with E-state index in [-0.39, 0.29) is 11.6 Å². The first-order valence-electron chi connectivity index (χ1n) is 3.46. The van der Waals surface area contributed by atoms with Crippen LogP contribution >= 0.6 is 12.2 Å². The smallest absolute Gasteiger partial charge is 0.191 e. The Morgan fingerprint density at radius 1 is 1.38 bits per heavy atom. The standard InChI is InChI=1S/C8H7F2NOS/c9-5-2-1-3-6(10)8(5)12-4-7(11)13/h1-3H,4H2,(H2,11,13). The number of thiocarbonyl (C=S) groups is 1. The molecule has 2 N–H and O–H groups in total. The van der Waals surface area contributed by atoms with Crippen molar-refractivity contribution in [1.82, 2.24) is 0 Å². The monoisotopic (exact) mass is 203 g/mol. The van der Waals surface area contributed by atoms with E-state index in [2.05, 4.69) is 12.2 Å². The Bertz CT molecular complexity index is 310. The summed E-state index contributed by atoms with van der Waals surface area (Å²) in [4.78, 5) is 0.0441. The molecule has 13 heavy (non-hydrogen) atoms. The van der Waals surface area contributed by atoms with Gasteiger partial charge in [0.25, 0.3) is 0 Å². The fourth-order valence-corrected chi connectivity index (χ4v) is 0.823. The van der Waals surface area contributed by atoms with Crippen LogP contribution in [0.15, 0.2) is 18.2 Å². The third kappa shape index (κ3) is 2.62. The third-order valence-electron chi connectivity index (χ3n) is 1.28. The van der Waals surface area contributed by atoms with Crippen molar-refractivity contribution in [2.45, 2.75) is 0 Å². The molecule has 70 valence electrons. The lowest BCUT2D eigenvalue weighted by molar-refractivity contribution is 0.332. The quantitative estimate of drug-likeness (QED) is 0.758. The van der Waals surface area contributed by atoms with Crippen molar-refractivity contribution in [3.63, 3.8) is 0 Å². The van der Waals surface area contributed by atoms with E-state index in [0.29, 0.717) is 0 Å². The van der Waals surface area contributed by atoms with Crippen LogP contribution in [0.1, 0.15) is 0 Å². The van der Waals surface area contributed by atoms with Crippen LogP contribution in [0.4, 0.5) is 8.78 Å². The van der Waals surface area contributed by atoms with Crippen LogP contribution < -0.4 is 10.5 Å². The molecular formula is C8H7F2NOS. The average molecular weight is 203 g/mol. The Balaban J connectivity index is 2.81. The summed E-state index contributed by atoms with van der Waals surface area (Å²) in [6.45, 7) is -0.173. The van der Waals surface area contributed by atoms with E-state index in [1.54, 1.807) is 0 Å². The predicted octanol–water partition coefficient (Wildman–Crippen LogP) is 1.63. The largest absolute Gasteiger partial charge is 0.480 e. The van der Waals surface area contributed by atoms with Crippen molar-refractivity contribution >= 4 is 17.2 Å². The van der Waals surface area contributed by atoms with Crippen molar-refractivity contribution < 1.29 is 13.5 Å². The Morgan fingerprint density at radius 3 is 2.38 bits per heavy atom. The maximum atomic E-state index is 12.9. The van der Waals surface area contributed by atoms with Crippen molar-refractivity contribution in [1.29, 1.82) is 0 Å². The van der Waals surface area contributed by atoms with E-state index >= 15 is 0 Å². The molecule has 0 aromatic heterocycles. The number of hydrogen-bond donors (Lipinski definition) is 1. The van der Waals surface area contributed by atoms with Crippen LogP contribution in [-0.4, -0.2) is 11.6 Å². The summed E-state index contributed by atoms with van der Waals surface area (Å²) in [5.41, 5.74) is 5.10. The van der Waals surface area contributed by atoms with Crippen LogP contribution in [0, 0.1) is 11.6 Å². The van der Waals surface area contributed by atoms with Gasteiger partial charge >= 0.3 is 0 Å². The van der Waals surface area contributed by atoms with Crippen LogP contribution in [0.5, 0.6) is 5.75 Å². The molecule has 2 nitrogen and oxygen atoms in total. The van der Waals surface area contributed by atoms with Gasteiger partial charge in [0.15, 0.2) is 17.4 Å². The molecular weight excluding hydrogens is 196 g/mol. The Morgan fingerprint density at radius 2 is 1.92 bits per heavy atom. The number of benzene rings is 1. The highest BCUT2D eigenvalue weighted by Gasteiger charge is 2.09. The minimum Gasteiger partial charge on any atom is -0.480 e. The minimum absolute atomic E-state index is 0.0441. The molecule has 0 aliphatic heterocycles. The van der Waals surface area contributed by atoms with E-state index in [9.17, 15) is 8.78 Å². The second-order valence-corrected chi connectivity index (χ2v) is 2.83. The van der Waals surface area contributed by atoms with E-state index < -0.39 is 17.4 Å². The molecule has 0 atom stereocenters. The van der Waals surface area contributed by atoms with Crippen LogP contribution in [0.25, 0.3) is 0 Å². The molecule has 0 unspecified atom stereocenters. The van der Waals surface area contributed by atoms with Gasteiger partial charge in [0.1, 0.15) is 11.6 Å².